The van der Waals surface area contributed by atoms with Crippen LogP contribution in [0.1, 0.15) is 77.1 Å². The van der Waals surface area contributed by atoms with Gasteiger partial charge in [0.25, 0.3) is 5.91 Å². The topological polar surface area (TPSA) is 69.7 Å². The molecule has 1 N–H and O–H groups in total. The van der Waals surface area contributed by atoms with Gasteiger partial charge in [-0.05, 0) is 71.6 Å². The van der Waals surface area contributed by atoms with Crippen LogP contribution in [0.25, 0.3) is 0 Å². The van der Waals surface area contributed by atoms with Gasteiger partial charge in [-0.3, -0.25) is 9.10 Å². The second kappa shape index (κ2) is 8.50. The largest absolute Gasteiger partial charge is 0.336 e. The van der Waals surface area contributed by atoms with E-state index in [9.17, 15) is 13.2 Å². The Morgan fingerprint density at radius 2 is 1.87 bits per heavy atom. The van der Waals surface area contributed by atoms with E-state index in [4.69, 9.17) is 0 Å². The van der Waals surface area contributed by atoms with Gasteiger partial charge >= 0.3 is 0 Å². The van der Waals surface area contributed by atoms with Gasteiger partial charge in [-0.25, -0.2) is 8.42 Å². The number of benzene rings is 1. The number of piperidine rings is 1. The van der Waals surface area contributed by atoms with E-state index in [1.165, 1.54) is 4.31 Å². The third-order valence-corrected chi connectivity index (χ3v) is 7.97. The van der Waals surface area contributed by atoms with Gasteiger partial charge in [-0.2, -0.15) is 0 Å². The summed E-state index contributed by atoms with van der Waals surface area (Å²) in [5.74, 6) is 0.174. The summed E-state index contributed by atoms with van der Waals surface area (Å²) in [5.41, 5.74) is 1.06. The minimum atomic E-state index is -3.27. The Morgan fingerprint density at radius 1 is 1.20 bits per heavy atom. The molecule has 2 saturated heterocycles. The molecule has 0 saturated carbocycles. The first-order valence-corrected chi connectivity index (χ1v) is 12.8. The van der Waals surface area contributed by atoms with Gasteiger partial charge < -0.3 is 10.2 Å². The summed E-state index contributed by atoms with van der Waals surface area (Å²) in [6.45, 7) is 12.1. The summed E-state index contributed by atoms with van der Waals surface area (Å²) in [7, 11) is -3.27. The second-order valence-corrected chi connectivity index (χ2v) is 12.1. The van der Waals surface area contributed by atoms with Crippen molar-refractivity contribution in [3.8, 4) is 0 Å². The fourth-order valence-corrected chi connectivity index (χ4v) is 6.71. The third-order valence-electron chi connectivity index (χ3n) is 6.10. The number of sulfonamides is 1. The van der Waals surface area contributed by atoms with Crippen LogP contribution in [0.4, 0.5) is 5.69 Å². The Morgan fingerprint density at radius 3 is 2.43 bits per heavy atom. The van der Waals surface area contributed by atoms with Crippen LogP contribution in [0, 0.1) is 0 Å². The van der Waals surface area contributed by atoms with Crippen molar-refractivity contribution in [2.24, 2.45) is 0 Å². The van der Waals surface area contributed by atoms with Gasteiger partial charge in [0.15, 0.2) is 0 Å². The van der Waals surface area contributed by atoms with Gasteiger partial charge in [-0.1, -0.05) is 19.4 Å². The van der Waals surface area contributed by atoms with Crippen LogP contribution in [0.2, 0.25) is 0 Å². The highest BCUT2D eigenvalue weighted by Gasteiger charge is 2.41. The molecule has 168 valence electrons. The molecule has 0 bridgehead atoms. The van der Waals surface area contributed by atoms with E-state index in [-0.39, 0.29) is 28.8 Å². The number of nitrogens with one attached hydrogen (secondary N) is 1. The molecule has 2 heterocycles. The van der Waals surface area contributed by atoms with E-state index in [0.29, 0.717) is 24.2 Å². The highest BCUT2D eigenvalue weighted by molar-refractivity contribution is 7.93. The highest BCUT2D eigenvalue weighted by Crippen LogP contribution is 2.33. The van der Waals surface area contributed by atoms with Crippen LogP contribution in [0.15, 0.2) is 24.3 Å². The van der Waals surface area contributed by atoms with Gasteiger partial charge in [0.2, 0.25) is 10.0 Å². The van der Waals surface area contributed by atoms with Crippen molar-refractivity contribution in [3.63, 3.8) is 0 Å². The Bertz CT molecular complexity index is 863. The molecule has 30 heavy (non-hydrogen) atoms. The lowest BCUT2D eigenvalue weighted by Crippen LogP contribution is -2.62. The number of carbonyl (C=O) groups excluding carboxylic acids is 1. The van der Waals surface area contributed by atoms with E-state index in [1.54, 1.807) is 18.2 Å². The Labute approximate surface area is 182 Å². The van der Waals surface area contributed by atoms with Gasteiger partial charge in [0.05, 0.1) is 11.4 Å². The minimum Gasteiger partial charge on any atom is -0.336 e. The van der Waals surface area contributed by atoms with E-state index < -0.39 is 10.0 Å². The van der Waals surface area contributed by atoms with Gasteiger partial charge in [0, 0.05) is 35.8 Å². The maximum Gasteiger partial charge on any atom is 0.254 e. The van der Waals surface area contributed by atoms with Crippen LogP contribution in [0.5, 0.6) is 0 Å². The average Bonchev–Trinajstić information content (AvgIpc) is 2.98. The van der Waals surface area contributed by atoms with E-state index in [2.05, 4.69) is 39.9 Å². The first kappa shape index (κ1) is 23.1. The number of amides is 1. The summed E-state index contributed by atoms with van der Waals surface area (Å²) < 4.78 is 26.1. The molecule has 1 amide bonds. The maximum atomic E-state index is 13.6. The molecule has 0 unspecified atom stereocenters. The third kappa shape index (κ3) is 5.17. The standard InChI is InChI=1S/C23H37N3O3S/c1-6-7-12-25(20-16-22(2,3)24-23(4,5)17-20)21(27)18-10-8-11-19(15-18)26-13-9-14-30(26,28)29/h8,10-11,15,20,24H,6-7,9,12-14,16-17H2,1-5H3. The first-order valence-electron chi connectivity index (χ1n) is 11.1. The first-order chi connectivity index (χ1) is 13.9. The Hall–Kier alpha value is -1.60. The fourth-order valence-electron chi connectivity index (χ4n) is 5.16. The lowest BCUT2D eigenvalue weighted by Gasteiger charge is -2.49. The number of nitrogens with zero attached hydrogens (tertiary/aromatic N) is 2. The average molecular weight is 436 g/mol. The molecule has 6 nitrogen and oxygen atoms in total. The van der Waals surface area contributed by atoms with Crippen molar-refractivity contribution >= 4 is 21.6 Å². The SMILES string of the molecule is CCCCN(C(=O)c1cccc(N2CCCS2(=O)=O)c1)C1CC(C)(C)NC(C)(C)C1. The zero-order valence-corrected chi connectivity index (χ0v) is 19.9. The second-order valence-electron chi connectivity index (χ2n) is 10.1. The smallest absolute Gasteiger partial charge is 0.254 e. The summed E-state index contributed by atoms with van der Waals surface area (Å²) in [5, 5.41) is 3.70. The number of anilines is 1. The van der Waals surface area contributed by atoms with E-state index >= 15 is 0 Å². The normalized spacial score (nSPS) is 22.8. The summed E-state index contributed by atoms with van der Waals surface area (Å²) in [6.07, 6.45) is 4.39. The Balaban J connectivity index is 1.90. The van der Waals surface area contributed by atoms with Gasteiger partial charge in [0.1, 0.15) is 0 Å². The van der Waals surface area contributed by atoms with Crippen molar-refractivity contribution in [3.05, 3.63) is 29.8 Å². The van der Waals surface area contributed by atoms with Crippen LogP contribution >= 0.6 is 0 Å². The number of hydrogen-bond acceptors (Lipinski definition) is 4. The molecular formula is C23H37N3O3S. The molecule has 0 aliphatic carbocycles. The molecular weight excluding hydrogens is 398 g/mol. The maximum absolute atomic E-state index is 13.6. The monoisotopic (exact) mass is 435 g/mol. The summed E-state index contributed by atoms with van der Waals surface area (Å²) >= 11 is 0. The molecule has 3 rings (SSSR count). The van der Waals surface area contributed by atoms with Crippen LogP contribution in [-0.4, -0.2) is 55.2 Å². The molecule has 0 atom stereocenters. The van der Waals surface area contributed by atoms with Crippen LogP contribution in [0.3, 0.4) is 0 Å². The lowest BCUT2D eigenvalue weighted by atomic mass is 9.78. The molecule has 7 heteroatoms. The molecule has 2 aliphatic rings. The predicted octanol–water partition coefficient (Wildman–Crippen LogP) is 3.78. The van der Waals surface area contributed by atoms with Crippen molar-refractivity contribution in [2.45, 2.75) is 83.8 Å². The minimum absolute atomic E-state index is 0.000366. The lowest BCUT2D eigenvalue weighted by molar-refractivity contribution is 0.0441. The number of unbranched alkanes of at least 4 members (excludes halogenated alkanes) is 1. The number of carbonyl (C=O) groups is 1. The fraction of sp³-hybridized carbons (Fsp3) is 0.696. The van der Waals surface area contributed by atoms with Crippen molar-refractivity contribution < 1.29 is 13.2 Å². The summed E-state index contributed by atoms with van der Waals surface area (Å²) in [6, 6.07) is 7.29. The highest BCUT2D eigenvalue weighted by atomic mass is 32.2. The van der Waals surface area contributed by atoms with E-state index in [1.807, 2.05) is 11.0 Å². The van der Waals surface area contributed by atoms with Crippen molar-refractivity contribution in [1.82, 2.24) is 10.2 Å². The van der Waals surface area contributed by atoms with Crippen molar-refractivity contribution in [1.29, 1.82) is 0 Å². The van der Waals surface area contributed by atoms with Gasteiger partial charge in [-0.15, -0.1) is 0 Å². The molecule has 2 aliphatic heterocycles. The molecule has 0 spiro atoms. The zero-order valence-electron chi connectivity index (χ0n) is 19.1. The number of rotatable bonds is 6. The molecule has 0 aromatic heterocycles. The number of hydrogen-bond donors (Lipinski definition) is 1. The van der Waals surface area contributed by atoms with Crippen LogP contribution < -0.4 is 9.62 Å². The molecule has 0 radical (unpaired) electrons. The van der Waals surface area contributed by atoms with E-state index in [0.717, 1.165) is 32.2 Å². The summed E-state index contributed by atoms with van der Waals surface area (Å²) in [4.78, 5) is 15.7. The van der Waals surface area contributed by atoms with Crippen molar-refractivity contribution in [2.75, 3.05) is 23.1 Å². The predicted molar refractivity (Wildman–Crippen MR) is 122 cm³/mol. The van der Waals surface area contributed by atoms with Crippen LogP contribution in [-0.2, 0) is 10.0 Å². The molecule has 1 aromatic rings. The zero-order chi connectivity index (χ0) is 22.2. The molecule has 2 fully saturated rings. The Kier molecular flexibility index (Phi) is 6.54. The quantitative estimate of drug-likeness (QED) is 0.738. The molecule has 1 aromatic carbocycles.